The first-order valence-electron chi connectivity index (χ1n) is 4.90. The van der Waals surface area contributed by atoms with E-state index in [1.807, 2.05) is 0 Å². The van der Waals surface area contributed by atoms with Crippen LogP contribution in [0.1, 0.15) is 52.9 Å². The van der Waals surface area contributed by atoms with Crippen LogP contribution in [0.4, 0.5) is 0 Å². The summed E-state index contributed by atoms with van der Waals surface area (Å²) in [6.07, 6.45) is 5.70. The zero-order valence-electron chi connectivity index (χ0n) is 8.14. The molecular formula is C10H22O. The molecule has 0 spiro atoms. The average Bonchev–Trinajstić information content (AvgIpc) is 2.03. The maximum Gasteiger partial charge on any atom is 0.0565 e. The van der Waals surface area contributed by atoms with Crippen LogP contribution in [0, 0.1) is 5.92 Å². The van der Waals surface area contributed by atoms with Gasteiger partial charge in [-0.15, -0.1) is 0 Å². The van der Waals surface area contributed by atoms with Crippen LogP contribution < -0.4 is 0 Å². The lowest BCUT2D eigenvalue weighted by Crippen LogP contribution is -2.16. The summed E-state index contributed by atoms with van der Waals surface area (Å²) < 4.78 is 0. The summed E-state index contributed by atoms with van der Waals surface area (Å²) in [4.78, 5) is 0. The number of hydrogen-bond donors (Lipinski definition) is 1. The molecule has 0 saturated carbocycles. The summed E-state index contributed by atoms with van der Waals surface area (Å²) in [6, 6.07) is 0. The van der Waals surface area contributed by atoms with Crippen molar-refractivity contribution in [3.05, 3.63) is 0 Å². The van der Waals surface area contributed by atoms with Crippen molar-refractivity contribution in [3.8, 4) is 0 Å². The van der Waals surface area contributed by atoms with Crippen molar-refractivity contribution in [1.29, 1.82) is 0 Å². The fourth-order valence-corrected chi connectivity index (χ4v) is 1.16. The van der Waals surface area contributed by atoms with Crippen LogP contribution >= 0.6 is 0 Å². The van der Waals surface area contributed by atoms with Gasteiger partial charge in [0.1, 0.15) is 0 Å². The van der Waals surface area contributed by atoms with E-state index in [9.17, 15) is 5.11 Å². The van der Waals surface area contributed by atoms with Gasteiger partial charge in [0.05, 0.1) is 6.10 Å². The van der Waals surface area contributed by atoms with Crippen LogP contribution in [0.25, 0.3) is 0 Å². The number of rotatable bonds is 6. The van der Waals surface area contributed by atoms with Crippen LogP contribution in [-0.4, -0.2) is 11.2 Å². The van der Waals surface area contributed by atoms with Gasteiger partial charge in [0.25, 0.3) is 0 Å². The number of aliphatic hydroxyl groups is 1. The van der Waals surface area contributed by atoms with E-state index in [0.29, 0.717) is 5.92 Å². The SMILES string of the molecule is CCCCC[C@H](O)[C@H](C)CC. The summed E-state index contributed by atoms with van der Waals surface area (Å²) in [7, 11) is 0. The van der Waals surface area contributed by atoms with Crippen molar-refractivity contribution < 1.29 is 5.11 Å². The molecule has 0 aromatic heterocycles. The summed E-state index contributed by atoms with van der Waals surface area (Å²) in [5, 5.41) is 9.54. The minimum Gasteiger partial charge on any atom is -0.393 e. The predicted octanol–water partition coefficient (Wildman–Crippen LogP) is 2.97. The Labute approximate surface area is 70.8 Å². The molecule has 11 heavy (non-hydrogen) atoms. The van der Waals surface area contributed by atoms with Crippen molar-refractivity contribution in [1.82, 2.24) is 0 Å². The van der Waals surface area contributed by atoms with Gasteiger partial charge >= 0.3 is 0 Å². The summed E-state index contributed by atoms with van der Waals surface area (Å²) in [6.45, 7) is 6.44. The van der Waals surface area contributed by atoms with Gasteiger partial charge < -0.3 is 5.11 Å². The molecule has 1 nitrogen and oxygen atoms in total. The Morgan fingerprint density at radius 1 is 1.18 bits per heavy atom. The third-order valence-electron chi connectivity index (χ3n) is 2.40. The number of aliphatic hydroxyl groups excluding tert-OH is 1. The number of unbranched alkanes of at least 4 members (excludes halogenated alkanes) is 2. The second-order valence-corrected chi connectivity index (χ2v) is 3.45. The minimum atomic E-state index is -0.0634. The zero-order valence-corrected chi connectivity index (χ0v) is 8.14. The fraction of sp³-hybridized carbons (Fsp3) is 1.00. The highest BCUT2D eigenvalue weighted by Gasteiger charge is 2.10. The molecule has 0 rings (SSSR count). The summed E-state index contributed by atoms with van der Waals surface area (Å²) in [5.41, 5.74) is 0. The van der Waals surface area contributed by atoms with Gasteiger partial charge in [0, 0.05) is 0 Å². The lowest BCUT2D eigenvalue weighted by atomic mass is 9.97. The van der Waals surface area contributed by atoms with E-state index in [1.165, 1.54) is 19.3 Å². The second-order valence-electron chi connectivity index (χ2n) is 3.45. The van der Waals surface area contributed by atoms with Crippen molar-refractivity contribution in [2.24, 2.45) is 5.92 Å². The Balaban J connectivity index is 3.28. The van der Waals surface area contributed by atoms with Gasteiger partial charge in [-0.3, -0.25) is 0 Å². The minimum absolute atomic E-state index is 0.0634. The smallest absolute Gasteiger partial charge is 0.0565 e. The normalized spacial score (nSPS) is 16.4. The summed E-state index contributed by atoms with van der Waals surface area (Å²) in [5.74, 6) is 0.479. The van der Waals surface area contributed by atoms with Crippen LogP contribution in [0.2, 0.25) is 0 Å². The first kappa shape index (κ1) is 11.0. The zero-order chi connectivity index (χ0) is 8.69. The third kappa shape index (κ3) is 5.25. The highest BCUT2D eigenvalue weighted by molar-refractivity contribution is 4.62. The molecule has 0 aliphatic carbocycles. The maximum absolute atomic E-state index is 9.54. The van der Waals surface area contributed by atoms with Crippen LogP contribution in [-0.2, 0) is 0 Å². The van der Waals surface area contributed by atoms with Gasteiger partial charge in [-0.2, -0.15) is 0 Å². The topological polar surface area (TPSA) is 20.2 Å². The molecule has 0 aliphatic rings. The molecule has 0 bridgehead atoms. The molecule has 0 fully saturated rings. The molecule has 0 aromatic rings. The standard InChI is InChI=1S/C10H22O/c1-4-6-7-8-10(11)9(3)5-2/h9-11H,4-8H2,1-3H3/t9-,10+/m1/s1. The summed E-state index contributed by atoms with van der Waals surface area (Å²) >= 11 is 0. The van der Waals surface area contributed by atoms with Gasteiger partial charge in [-0.05, 0) is 12.3 Å². The van der Waals surface area contributed by atoms with E-state index < -0.39 is 0 Å². The van der Waals surface area contributed by atoms with Gasteiger partial charge in [-0.25, -0.2) is 0 Å². The van der Waals surface area contributed by atoms with Gasteiger partial charge in [0.2, 0.25) is 0 Å². The molecule has 0 amide bonds. The molecule has 1 N–H and O–H groups in total. The van der Waals surface area contributed by atoms with Crippen LogP contribution in [0.15, 0.2) is 0 Å². The van der Waals surface area contributed by atoms with E-state index in [0.717, 1.165) is 12.8 Å². The second kappa shape index (κ2) is 6.66. The highest BCUT2D eigenvalue weighted by Crippen LogP contribution is 2.13. The van der Waals surface area contributed by atoms with Crippen molar-refractivity contribution >= 4 is 0 Å². The molecular weight excluding hydrogens is 136 g/mol. The molecule has 0 unspecified atom stereocenters. The molecule has 0 aromatic carbocycles. The van der Waals surface area contributed by atoms with E-state index in [4.69, 9.17) is 0 Å². The molecule has 0 radical (unpaired) electrons. The molecule has 0 saturated heterocycles. The van der Waals surface area contributed by atoms with Gasteiger partial charge in [-0.1, -0.05) is 46.5 Å². The quantitative estimate of drug-likeness (QED) is 0.589. The Morgan fingerprint density at radius 3 is 2.27 bits per heavy atom. The Kier molecular flexibility index (Phi) is 6.63. The molecule has 1 heteroatoms. The largest absolute Gasteiger partial charge is 0.393 e. The predicted molar refractivity (Wildman–Crippen MR) is 49.6 cm³/mol. The molecule has 2 atom stereocenters. The lowest BCUT2D eigenvalue weighted by molar-refractivity contribution is 0.103. The fourth-order valence-electron chi connectivity index (χ4n) is 1.16. The average molecular weight is 158 g/mol. The monoisotopic (exact) mass is 158 g/mol. The molecule has 0 aliphatic heterocycles. The third-order valence-corrected chi connectivity index (χ3v) is 2.40. The van der Waals surface area contributed by atoms with E-state index in [2.05, 4.69) is 20.8 Å². The Hall–Kier alpha value is -0.0400. The first-order valence-corrected chi connectivity index (χ1v) is 4.90. The first-order chi connectivity index (χ1) is 5.22. The Bertz CT molecular complexity index is 80.9. The van der Waals surface area contributed by atoms with Crippen molar-refractivity contribution in [3.63, 3.8) is 0 Å². The van der Waals surface area contributed by atoms with E-state index >= 15 is 0 Å². The Morgan fingerprint density at radius 2 is 1.82 bits per heavy atom. The molecule has 68 valence electrons. The van der Waals surface area contributed by atoms with Crippen molar-refractivity contribution in [2.75, 3.05) is 0 Å². The highest BCUT2D eigenvalue weighted by atomic mass is 16.3. The number of hydrogen-bond acceptors (Lipinski definition) is 1. The van der Waals surface area contributed by atoms with Crippen LogP contribution in [0.5, 0.6) is 0 Å². The maximum atomic E-state index is 9.54. The van der Waals surface area contributed by atoms with E-state index in [1.54, 1.807) is 0 Å². The lowest BCUT2D eigenvalue weighted by Gasteiger charge is -2.16. The van der Waals surface area contributed by atoms with E-state index in [-0.39, 0.29) is 6.10 Å². The van der Waals surface area contributed by atoms with Crippen molar-refractivity contribution in [2.45, 2.75) is 59.0 Å². The van der Waals surface area contributed by atoms with Crippen LogP contribution in [0.3, 0.4) is 0 Å². The van der Waals surface area contributed by atoms with Gasteiger partial charge in [0.15, 0.2) is 0 Å². The molecule has 0 heterocycles.